The lowest BCUT2D eigenvalue weighted by molar-refractivity contribution is 0.0900. The van der Waals surface area contributed by atoms with Gasteiger partial charge in [0, 0.05) is 64.0 Å². The van der Waals surface area contributed by atoms with E-state index in [4.69, 9.17) is 9.47 Å². The smallest absolute Gasteiger partial charge is 0.255 e. The molecule has 0 radical (unpaired) electrons. The molecule has 4 aromatic heterocycles. The van der Waals surface area contributed by atoms with E-state index >= 15 is 0 Å². The number of anilines is 2. The van der Waals surface area contributed by atoms with Gasteiger partial charge in [-0.15, -0.1) is 0 Å². The Morgan fingerprint density at radius 3 is 1.60 bits per heavy atom. The van der Waals surface area contributed by atoms with Crippen LogP contribution in [0.4, 0.5) is 11.4 Å². The van der Waals surface area contributed by atoms with Gasteiger partial charge in [0.1, 0.15) is 0 Å². The van der Waals surface area contributed by atoms with E-state index in [0.717, 1.165) is 122 Å². The highest BCUT2D eigenvalue weighted by Crippen LogP contribution is 2.31. The number of ether oxygens (including phenoxy) is 2. The summed E-state index contributed by atoms with van der Waals surface area (Å²) in [5.41, 5.74) is 8.98. The molecule has 4 N–H and O–H groups in total. The number of aromatic nitrogens is 6. The molecule has 14 nitrogen and oxygen atoms in total. The van der Waals surface area contributed by atoms with Crippen LogP contribution in [0.2, 0.25) is 0 Å². The lowest BCUT2D eigenvalue weighted by Crippen LogP contribution is -2.32. The first-order chi connectivity index (χ1) is 30.6. The van der Waals surface area contributed by atoms with Crippen LogP contribution in [-0.2, 0) is 22.6 Å². The van der Waals surface area contributed by atoms with Gasteiger partial charge in [-0.2, -0.15) is 10.2 Å². The fourth-order valence-electron chi connectivity index (χ4n) is 8.46. The second-order valence-electron chi connectivity index (χ2n) is 16.9. The van der Waals surface area contributed by atoms with Crippen molar-refractivity contribution in [1.29, 1.82) is 0 Å². The van der Waals surface area contributed by atoms with Gasteiger partial charge in [0.15, 0.2) is 11.3 Å². The fourth-order valence-corrected chi connectivity index (χ4v) is 8.46. The summed E-state index contributed by atoms with van der Waals surface area (Å²) in [6.07, 6.45) is 11.4. The van der Waals surface area contributed by atoms with Gasteiger partial charge in [-0.1, -0.05) is 69.3 Å². The van der Waals surface area contributed by atoms with E-state index in [9.17, 15) is 9.59 Å². The first kappa shape index (κ1) is 45.2. The molecule has 2 unspecified atom stereocenters. The Labute approximate surface area is 370 Å². The van der Waals surface area contributed by atoms with E-state index < -0.39 is 0 Å². The number of carbonyl (C=O) groups is 2. The van der Waals surface area contributed by atoms with Gasteiger partial charge in [0.25, 0.3) is 11.8 Å². The maximum atomic E-state index is 13.5. The van der Waals surface area contributed by atoms with Gasteiger partial charge < -0.3 is 30.7 Å². The third kappa shape index (κ3) is 10.5. The summed E-state index contributed by atoms with van der Waals surface area (Å²) in [7, 11) is 0. The van der Waals surface area contributed by atoms with Gasteiger partial charge in [-0.05, 0) is 88.0 Å². The predicted octanol–water partition coefficient (Wildman–Crippen LogP) is 8.89. The number of rotatable bonds is 14. The van der Waals surface area contributed by atoms with Gasteiger partial charge >= 0.3 is 0 Å². The Hall–Kier alpha value is -5.86. The van der Waals surface area contributed by atoms with Crippen molar-refractivity contribution in [2.24, 2.45) is 0 Å². The maximum absolute atomic E-state index is 13.5. The SMILES string of the molecule is CCC(NC(=O)c1cnc2c(cnn2CC)c1NC1CCOCC1)c1ccc(C(C)C)cc1.CCn1ncc2c(NC3CCOCC3)c(C(=O)NC(C)c3ccccc3C)cnc21. The zero-order valence-electron chi connectivity index (χ0n) is 37.9. The van der Waals surface area contributed by atoms with E-state index in [0.29, 0.717) is 17.0 Å². The van der Waals surface area contributed by atoms with Crippen LogP contribution in [0.5, 0.6) is 0 Å². The number of hydrogen-bond donors (Lipinski definition) is 4. The summed E-state index contributed by atoms with van der Waals surface area (Å²) in [5.74, 6) is 0.219. The lowest BCUT2D eigenvalue weighted by Gasteiger charge is -2.26. The molecule has 334 valence electrons. The van der Waals surface area contributed by atoms with Crippen molar-refractivity contribution >= 4 is 45.3 Å². The summed E-state index contributed by atoms with van der Waals surface area (Å²) in [6, 6.07) is 17.0. The molecule has 2 aliphatic rings. The highest BCUT2D eigenvalue weighted by Gasteiger charge is 2.26. The van der Waals surface area contributed by atoms with Crippen LogP contribution in [-0.4, -0.2) is 79.9 Å². The Morgan fingerprint density at radius 2 is 1.14 bits per heavy atom. The summed E-state index contributed by atoms with van der Waals surface area (Å²) >= 11 is 0. The van der Waals surface area contributed by atoms with Crippen LogP contribution in [0, 0.1) is 6.92 Å². The van der Waals surface area contributed by atoms with Crippen molar-refractivity contribution in [2.45, 2.75) is 124 Å². The fraction of sp³-hybridized carbons (Fsp3) is 0.469. The summed E-state index contributed by atoms with van der Waals surface area (Å²) in [5, 5.41) is 24.3. The normalized spacial score (nSPS) is 15.7. The molecule has 14 heteroatoms. The molecule has 6 aromatic rings. The zero-order valence-corrected chi connectivity index (χ0v) is 37.9. The molecule has 2 amide bonds. The quantitative estimate of drug-likeness (QED) is 0.0833. The van der Waals surface area contributed by atoms with Gasteiger partial charge in [0.2, 0.25) is 0 Å². The Kier molecular flexibility index (Phi) is 15.1. The van der Waals surface area contributed by atoms with Gasteiger partial charge in [0.05, 0.1) is 57.8 Å². The minimum absolute atomic E-state index is 0.0660. The second kappa shape index (κ2) is 21.0. The third-order valence-corrected chi connectivity index (χ3v) is 12.3. The molecule has 2 atom stereocenters. The van der Waals surface area contributed by atoms with Crippen LogP contribution in [0.15, 0.2) is 73.3 Å². The first-order valence-corrected chi connectivity index (χ1v) is 22.7. The van der Waals surface area contributed by atoms with E-state index in [1.807, 2.05) is 54.5 Å². The number of pyridine rings is 2. The van der Waals surface area contributed by atoms with E-state index in [-0.39, 0.29) is 36.0 Å². The Bertz CT molecular complexity index is 2470. The Morgan fingerprint density at radius 1 is 0.667 bits per heavy atom. The van der Waals surface area contributed by atoms with E-state index in [2.05, 4.69) is 99.5 Å². The van der Waals surface area contributed by atoms with Crippen molar-refractivity contribution in [3.63, 3.8) is 0 Å². The van der Waals surface area contributed by atoms with Crippen LogP contribution in [0.25, 0.3) is 22.1 Å². The van der Waals surface area contributed by atoms with Crippen LogP contribution in [0.1, 0.15) is 135 Å². The van der Waals surface area contributed by atoms with Gasteiger partial charge in [-0.25, -0.2) is 19.3 Å². The summed E-state index contributed by atoms with van der Waals surface area (Å²) in [4.78, 5) is 35.9. The monoisotopic (exact) mass is 857 g/mol. The average molecular weight is 857 g/mol. The van der Waals surface area contributed by atoms with Crippen LogP contribution < -0.4 is 21.3 Å². The third-order valence-electron chi connectivity index (χ3n) is 12.3. The zero-order chi connectivity index (χ0) is 44.5. The molecular formula is C49H64N10O4. The molecule has 0 spiro atoms. The minimum Gasteiger partial charge on any atom is -0.381 e. The first-order valence-electron chi connectivity index (χ1n) is 22.7. The number of benzene rings is 2. The number of fused-ring (bicyclic) bond motifs is 2. The number of aryl methyl sites for hydroxylation is 3. The van der Waals surface area contributed by atoms with Crippen molar-refractivity contribution in [1.82, 2.24) is 40.2 Å². The van der Waals surface area contributed by atoms with Crippen LogP contribution >= 0.6 is 0 Å². The highest BCUT2D eigenvalue weighted by molar-refractivity contribution is 6.07. The predicted molar refractivity (Wildman–Crippen MR) is 249 cm³/mol. The standard InChI is InChI=1S/C26H35N5O2.C23H29N5O2/c1-5-23(19-9-7-18(8-10-19)17(3)4)30-26(32)22-15-27-25-21(16-28-31(25)6-2)24(22)29-20-11-13-33-14-12-20;1-4-28-22-19(14-25-28)21(27-17-9-11-30-12-10-17)20(13-24-22)23(29)26-16(3)18-8-6-5-7-15(18)2/h7-10,15-17,20,23H,5-6,11-14H2,1-4H3,(H,27,29)(H,30,32);5-8,13-14,16-17H,4,9-12H2,1-3H3,(H,24,27)(H,26,29). The lowest BCUT2D eigenvalue weighted by atomic mass is 9.98. The molecule has 6 heterocycles. The molecule has 2 saturated heterocycles. The molecule has 2 fully saturated rings. The molecule has 0 saturated carbocycles. The molecule has 8 rings (SSSR count). The second-order valence-corrected chi connectivity index (χ2v) is 16.9. The minimum atomic E-state index is -0.140. The van der Waals surface area contributed by atoms with Crippen molar-refractivity contribution in [3.05, 3.63) is 107 Å². The number of carbonyl (C=O) groups excluding carboxylic acids is 2. The van der Waals surface area contributed by atoms with Crippen LogP contribution in [0.3, 0.4) is 0 Å². The highest BCUT2D eigenvalue weighted by atomic mass is 16.5. The topological polar surface area (TPSA) is 162 Å². The summed E-state index contributed by atoms with van der Waals surface area (Å²) in [6.45, 7) is 19.0. The number of amides is 2. The average Bonchev–Trinajstić information content (AvgIpc) is 3.94. The molecule has 0 aliphatic carbocycles. The van der Waals surface area contributed by atoms with E-state index in [1.54, 1.807) is 18.6 Å². The summed E-state index contributed by atoms with van der Waals surface area (Å²) < 4.78 is 14.7. The Balaban J connectivity index is 0.000000190. The number of hydrogen-bond acceptors (Lipinski definition) is 10. The molecule has 2 aliphatic heterocycles. The molecule has 2 aromatic carbocycles. The van der Waals surface area contributed by atoms with E-state index in [1.165, 1.54) is 5.56 Å². The largest absolute Gasteiger partial charge is 0.381 e. The van der Waals surface area contributed by atoms with Gasteiger partial charge in [-0.3, -0.25) is 9.59 Å². The molecular weight excluding hydrogens is 793 g/mol. The molecule has 0 bridgehead atoms. The molecule has 63 heavy (non-hydrogen) atoms. The van der Waals surface area contributed by atoms with Crippen molar-refractivity contribution in [2.75, 3.05) is 37.1 Å². The number of nitrogens with one attached hydrogen (secondary N) is 4. The maximum Gasteiger partial charge on any atom is 0.255 e. The van der Waals surface area contributed by atoms with Crippen molar-refractivity contribution < 1.29 is 19.1 Å². The number of nitrogens with zero attached hydrogens (tertiary/aromatic N) is 6. The van der Waals surface area contributed by atoms with Crippen molar-refractivity contribution in [3.8, 4) is 0 Å².